The van der Waals surface area contributed by atoms with Gasteiger partial charge in [0.15, 0.2) is 12.2 Å². The van der Waals surface area contributed by atoms with Gasteiger partial charge in [-0.3, -0.25) is 24.0 Å². The number of rotatable bonds is 14. The Balaban J connectivity index is 3.77. The largest absolute Gasteiger partial charge is 0.465 e. The lowest BCUT2D eigenvalue weighted by Gasteiger charge is -2.48. The van der Waals surface area contributed by atoms with Crippen LogP contribution in [0.5, 0.6) is 0 Å². The van der Waals surface area contributed by atoms with Gasteiger partial charge in [-0.1, -0.05) is 6.08 Å². The summed E-state index contributed by atoms with van der Waals surface area (Å²) < 4.78 is 38.1. The third kappa shape index (κ3) is 10.6. The van der Waals surface area contributed by atoms with Crippen LogP contribution in [0.25, 0.3) is 0 Å². The highest BCUT2D eigenvalue weighted by atomic mass is 16.7. The lowest BCUT2D eigenvalue weighted by Crippen LogP contribution is -2.69. The van der Waals surface area contributed by atoms with Gasteiger partial charge in [-0.2, -0.15) is 0 Å². The molecule has 0 saturated carbocycles. The fourth-order valence-corrected chi connectivity index (χ4v) is 4.01. The van der Waals surface area contributed by atoms with Crippen LogP contribution in [0.4, 0.5) is 0 Å². The van der Waals surface area contributed by atoms with Crippen molar-refractivity contribution >= 4 is 35.8 Å². The maximum absolute atomic E-state index is 13.1. The summed E-state index contributed by atoms with van der Waals surface area (Å²) in [4.78, 5) is 73.0. The average molecular weight is 560 g/mol. The minimum atomic E-state index is -2.20. The zero-order valence-electron chi connectivity index (χ0n) is 23.0. The molecule has 0 bridgehead atoms. The van der Waals surface area contributed by atoms with E-state index in [1.54, 1.807) is 6.08 Å². The molecule has 14 nitrogen and oxygen atoms in total. The first-order chi connectivity index (χ1) is 18.3. The lowest BCUT2D eigenvalue weighted by atomic mass is 9.88. The van der Waals surface area contributed by atoms with E-state index in [9.17, 15) is 28.8 Å². The zero-order valence-corrected chi connectivity index (χ0v) is 23.0. The second kappa shape index (κ2) is 15.8. The monoisotopic (exact) mass is 559 g/mol. The van der Waals surface area contributed by atoms with Gasteiger partial charge in [-0.05, 0) is 12.8 Å². The third-order valence-electron chi connectivity index (χ3n) is 5.38. The molecule has 0 aromatic carbocycles. The van der Waals surface area contributed by atoms with Crippen LogP contribution >= 0.6 is 0 Å². The van der Waals surface area contributed by atoms with Crippen molar-refractivity contribution < 1.29 is 61.9 Å². The van der Waals surface area contributed by atoms with Gasteiger partial charge in [0.2, 0.25) is 5.91 Å². The molecule has 1 heterocycles. The molecule has 0 radical (unpaired) electrons. The van der Waals surface area contributed by atoms with Crippen LogP contribution in [0.2, 0.25) is 0 Å². The normalized spacial score (nSPS) is 23.8. The highest BCUT2D eigenvalue weighted by Crippen LogP contribution is 2.37. The van der Waals surface area contributed by atoms with Gasteiger partial charge in [0.25, 0.3) is 5.79 Å². The molecule has 1 aliphatic heterocycles. The zero-order chi connectivity index (χ0) is 29.8. The molecule has 1 fully saturated rings. The van der Waals surface area contributed by atoms with Crippen molar-refractivity contribution in [2.75, 3.05) is 20.3 Å². The highest BCUT2D eigenvalue weighted by Gasteiger charge is 2.59. The first-order valence-corrected chi connectivity index (χ1v) is 12.2. The summed E-state index contributed by atoms with van der Waals surface area (Å²) in [6.45, 7) is 8.56. The first-order valence-electron chi connectivity index (χ1n) is 12.2. The number of carbonyl (C=O) groups is 6. The van der Waals surface area contributed by atoms with E-state index in [1.165, 1.54) is 6.92 Å². The minimum absolute atomic E-state index is 0.0233. The van der Waals surface area contributed by atoms with Crippen LogP contribution in [0.15, 0.2) is 12.7 Å². The molecule has 0 aromatic rings. The van der Waals surface area contributed by atoms with Gasteiger partial charge >= 0.3 is 29.8 Å². The Hall–Kier alpha value is -3.52. The van der Waals surface area contributed by atoms with Crippen LogP contribution < -0.4 is 5.32 Å². The third-order valence-corrected chi connectivity index (χ3v) is 5.38. The molecule has 220 valence electrons. The van der Waals surface area contributed by atoms with Gasteiger partial charge < -0.3 is 38.5 Å². The maximum atomic E-state index is 13.1. The van der Waals surface area contributed by atoms with E-state index < -0.39 is 85.0 Å². The molecule has 1 aliphatic rings. The average Bonchev–Trinajstić information content (AvgIpc) is 2.83. The summed E-state index contributed by atoms with van der Waals surface area (Å²) in [5.74, 6) is -6.98. The summed E-state index contributed by atoms with van der Waals surface area (Å²) >= 11 is 0. The molecule has 0 unspecified atom stereocenters. The molecule has 0 aliphatic carbocycles. The van der Waals surface area contributed by atoms with Crippen LogP contribution in [0.3, 0.4) is 0 Å². The Morgan fingerprint density at radius 1 is 1.00 bits per heavy atom. The van der Waals surface area contributed by atoms with E-state index in [4.69, 9.17) is 33.2 Å². The summed E-state index contributed by atoms with van der Waals surface area (Å²) in [5.41, 5.74) is 0. The predicted molar refractivity (Wildman–Crippen MR) is 131 cm³/mol. The van der Waals surface area contributed by atoms with Crippen molar-refractivity contribution in [2.45, 2.75) is 90.1 Å². The number of esters is 5. The fourth-order valence-electron chi connectivity index (χ4n) is 4.01. The van der Waals surface area contributed by atoms with Crippen molar-refractivity contribution in [1.82, 2.24) is 5.32 Å². The SMILES string of the molecule is C=CCCCO[C@@]1(C(=O)OC)C[C@H](OC(C)=O)[C@@H](NC(C)=O)[C@H]([C@H](OC(C)=O)[C@@H](COC(C)=O)OC(C)=O)O1. The van der Waals surface area contributed by atoms with E-state index >= 15 is 0 Å². The van der Waals surface area contributed by atoms with E-state index in [0.717, 1.165) is 34.8 Å². The van der Waals surface area contributed by atoms with Crippen molar-refractivity contribution in [3.63, 3.8) is 0 Å². The second-order valence-corrected chi connectivity index (χ2v) is 8.71. The molecular weight excluding hydrogens is 522 g/mol. The van der Waals surface area contributed by atoms with Crippen molar-refractivity contribution in [3.05, 3.63) is 12.7 Å². The first kappa shape index (κ1) is 33.5. The molecule has 39 heavy (non-hydrogen) atoms. The topological polar surface area (TPSA) is 179 Å². The summed E-state index contributed by atoms with van der Waals surface area (Å²) in [5, 5.41) is 2.58. The fraction of sp³-hybridized carbons (Fsp3) is 0.680. The highest BCUT2D eigenvalue weighted by molar-refractivity contribution is 5.79. The molecule has 0 spiro atoms. The Morgan fingerprint density at radius 2 is 1.64 bits per heavy atom. The summed E-state index contributed by atoms with van der Waals surface area (Å²) in [6.07, 6.45) is -3.69. The van der Waals surface area contributed by atoms with Crippen LogP contribution in [-0.2, 0) is 61.9 Å². The van der Waals surface area contributed by atoms with E-state index in [2.05, 4.69) is 11.9 Å². The number of methoxy groups -OCH3 is 1. The Morgan fingerprint density at radius 3 is 2.13 bits per heavy atom. The Kier molecular flexibility index (Phi) is 13.6. The molecule has 6 atom stereocenters. The number of hydrogen-bond donors (Lipinski definition) is 1. The van der Waals surface area contributed by atoms with Crippen LogP contribution in [0.1, 0.15) is 53.9 Å². The quantitative estimate of drug-likeness (QED) is 0.135. The molecule has 1 saturated heterocycles. The number of ether oxygens (including phenoxy) is 7. The smallest absolute Gasteiger partial charge is 0.366 e. The van der Waals surface area contributed by atoms with Crippen molar-refractivity contribution in [3.8, 4) is 0 Å². The van der Waals surface area contributed by atoms with E-state index in [-0.39, 0.29) is 6.61 Å². The number of nitrogens with one attached hydrogen (secondary N) is 1. The Bertz CT molecular complexity index is 920. The van der Waals surface area contributed by atoms with Gasteiger partial charge in [0.05, 0.1) is 26.2 Å². The van der Waals surface area contributed by atoms with Gasteiger partial charge in [-0.25, -0.2) is 4.79 Å². The lowest BCUT2D eigenvalue weighted by molar-refractivity contribution is -0.314. The molecule has 14 heteroatoms. The van der Waals surface area contributed by atoms with Gasteiger partial charge in [0.1, 0.15) is 18.8 Å². The number of carbonyl (C=O) groups excluding carboxylic acids is 6. The van der Waals surface area contributed by atoms with E-state index in [0.29, 0.717) is 12.8 Å². The maximum Gasteiger partial charge on any atom is 0.366 e. The number of hydrogen-bond acceptors (Lipinski definition) is 13. The number of allylic oxidation sites excluding steroid dienone is 1. The van der Waals surface area contributed by atoms with Gasteiger partial charge in [0, 0.05) is 34.6 Å². The number of unbranched alkanes of at least 4 members (excludes halogenated alkanes) is 1. The molecular formula is C25H37NO13. The second-order valence-electron chi connectivity index (χ2n) is 8.71. The standard InChI is InChI=1S/C25H37NO13/c1-8-9-10-11-35-25(24(32)33-7)12-19(36-16(4)29)21(26-14(2)27)23(39-25)22(38-18(6)31)20(37-17(5)30)13-34-15(3)28/h8,19-23H,1,9-13H2,2-7H3,(H,26,27)/t19-,20+,21+,22+,23+,25-/m0/s1. The summed E-state index contributed by atoms with van der Waals surface area (Å²) in [7, 11) is 1.09. The predicted octanol–water partition coefficient (Wildman–Crippen LogP) is 0.490. The molecule has 0 aromatic heterocycles. The molecule has 1 amide bonds. The van der Waals surface area contributed by atoms with Gasteiger partial charge in [-0.15, -0.1) is 6.58 Å². The minimum Gasteiger partial charge on any atom is -0.465 e. The van der Waals surface area contributed by atoms with Crippen molar-refractivity contribution in [1.29, 1.82) is 0 Å². The Labute approximate surface area is 226 Å². The van der Waals surface area contributed by atoms with Crippen LogP contribution in [0, 0.1) is 0 Å². The molecule has 1 rings (SSSR count). The van der Waals surface area contributed by atoms with Crippen molar-refractivity contribution in [2.24, 2.45) is 0 Å². The number of amides is 1. The molecule has 1 N–H and O–H groups in total. The van der Waals surface area contributed by atoms with E-state index in [1.807, 2.05) is 0 Å². The van der Waals surface area contributed by atoms with Crippen LogP contribution in [-0.4, -0.2) is 92.3 Å². The summed E-state index contributed by atoms with van der Waals surface area (Å²) in [6, 6.07) is -1.25.